The third-order valence-electron chi connectivity index (χ3n) is 4.12. The molecule has 0 bridgehead atoms. The van der Waals surface area contributed by atoms with Crippen molar-refractivity contribution in [1.29, 1.82) is 0 Å². The van der Waals surface area contributed by atoms with E-state index in [1.807, 2.05) is 0 Å². The predicted molar refractivity (Wildman–Crippen MR) is 93.7 cm³/mol. The molecule has 0 saturated carbocycles. The topological polar surface area (TPSA) is 49.9 Å². The quantitative estimate of drug-likeness (QED) is 0.776. The van der Waals surface area contributed by atoms with E-state index < -0.39 is 24.7 Å². The molecule has 0 saturated heterocycles. The van der Waals surface area contributed by atoms with Crippen LogP contribution in [0.5, 0.6) is 5.75 Å². The molecule has 2 aromatic rings. The maximum atomic E-state index is 13.1. The largest absolute Gasteiger partial charge is 0.482 e. The first-order chi connectivity index (χ1) is 13.0. The number of halogens is 3. The second kappa shape index (κ2) is 8.11. The summed E-state index contributed by atoms with van der Waals surface area (Å²) < 4.78 is 44.2. The van der Waals surface area contributed by atoms with Crippen molar-refractivity contribution >= 4 is 23.2 Å². The van der Waals surface area contributed by atoms with Crippen molar-refractivity contribution in [2.75, 3.05) is 29.5 Å². The van der Waals surface area contributed by atoms with Crippen LogP contribution in [0.25, 0.3) is 0 Å². The Morgan fingerprint density at radius 2 is 1.85 bits per heavy atom. The van der Waals surface area contributed by atoms with Gasteiger partial charge >= 0.3 is 0 Å². The van der Waals surface area contributed by atoms with Crippen LogP contribution in [0.4, 0.5) is 24.5 Å². The molecule has 0 fully saturated rings. The summed E-state index contributed by atoms with van der Waals surface area (Å²) in [6, 6.07) is 11.6. The third-order valence-corrected chi connectivity index (χ3v) is 4.12. The minimum absolute atomic E-state index is 0.0268. The molecular weight excluding hydrogens is 361 g/mol. The first-order valence-electron chi connectivity index (χ1n) is 8.32. The Morgan fingerprint density at radius 3 is 2.56 bits per heavy atom. The number of amides is 2. The van der Waals surface area contributed by atoms with Crippen LogP contribution in [-0.4, -0.2) is 37.9 Å². The van der Waals surface area contributed by atoms with Crippen molar-refractivity contribution in [3.63, 3.8) is 0 Å². The molecule has 5 nitrogen and oxygen atoms in total. The zero-order valence-electron chi connectivity index (χ0n) is 14.3. The zero-order chi connectivity index (χ0) is 19.4. The average molecular weight is 378 g/mol. The molecule has 2 aromatic carbocycles. The molecule has 27 heavy (non-hydrogen) atoms. The molecular formula is C19H17F3N2O3. The van der Waals surface area contributed by atoms with Gasteiger partial charge in [-0.25, -0.2) is 13.2 Å². The van der Waals surface area contributed by atoms with Crippen molar-refractivity contribution in [3.05, 3.63) is 54.3 Å². The first-order valence-corrected chi connectivity index (χ1v) is 8.32. The molecule has 3 rings (SSSR count). The Morgan fingerprint density at radius 1 is 1.15 bits per heavy atom. The highest BCUT2D eigenvalue weighted by Crippen LogP contribution is 2.31. The van der Waals surface area contributed by atoms with Gasteiger partial charge in [0.15, 0.2) is 6.61 Å². The van der Waals surface area contributed by atoms with Crippen molar-refractivity contribution < 1.29 is 27.5 Å². The van der Waals surface area contributed by atoms with E-state index in [0.29, 0.717) is 11.4 Å². The van der Waals surface area contributed by atoms with Gasteiger partial charge in [0.1, 0.15) is 11.6 Å². The maximum Gasteiger partial charge on any atom is 0.265 e. The number of carbonyl (C=O) groups is 2. The zero-order valence-corrected chi connectivity index (χ0v) is 14.3. The predicted octanol–water partition coefficient (Wildman–Crippen LogP) is 3.24. The number of anilines is 2. The molecule has 1 aliphatic heterocycles. The Kier molecular flexibility index (Phi) is 5.63. The van der Waals surface area contributed by atoms with Crippen molar-refractivity contribution in [3.8, 4) is 5.75 Å². The number of hydrogen-bond acceptors (Lipinski definition) is 3. The number of fused-ring (bicyclic) bond motifs is 1. The molecule has 8 heteroatoms. The van der Waals surface area contributed by atoms with E-state index in [0.717, 1.165) is 17.0 Å². The summed E-state index contributed by atoms with van der Waals surface area (Å²) in [6.07, 6.45) is -2.91. The van der Waals surface area contributed by atoms with Crippen LogP contribution in [0.2, 0.25) is 0 Å². The number of para-hydroxylation sites is 2. The van der Waals surface area contributed by atoms with Crippen LogP contribution in [-0.2, 0) is 9.59 Å². The van der Waals surface area contributed by atoms with Crippen LogP contribution in [0.1, 0.15) is 6.42 Å². The van der Waals surface area contributed by atoms with E-state index in [1.165, 1.54) is 17.0 Å². The van der Waals surface area contributed by atoms with Gasteiger partial charge in [0.2, 0.25) is 5.91 Å². The summed E-state index contributed by atoms with van der Waals surface area (Å²) in [7, 11) is 0. The summed E-state index contributed by atoms with van der Waals surface area (Å²) in [5, 5.41) is 0. The van der Waals surface area contributed by atoms with Crippen LogP contribution < -0.4 is 14.5 Å². The normalized spacial score (nSPS) is 13.3. The van der Waals surface area contributed by atoms with Gasteiger partial charge in [-0.1, -0.05) is 12.1 Å². The molecule has 2 amide bonds. The number of carbonyl (C=O) groups excluding carboxylic acids is 2. The van der Waals surface area contributed by atoms with Gasteiger partial charge in [0, 0.05) is 18.7 Å². The maximum absolute atomic E-state index is 13.1. The SMILES string of the molecule is O=C(CCN1C(=O)COc2ccccc21)N(CC(F)F)c1ccc(F)cc1. The molecule has 0 unspecified atom stereocenters. The molecule has 0 aliphatic carbocycles. The molecule has 0 N–H and O–H groups in total. The Balaban J connectivity index is 1.74. The Labute approximate surface area is 153 Å². The second-order valence-corrected chi connectivity index (χ2v) is 5.92. The van der Waals surface area contributed by atoms with Gasteiger partial charge in [0.25, 0.3) is 12.3 Å². The lowest BCUT2D eigenvalue weighted by atomic mass is 10.2. The van der Waals surface area contributed by atoms with Crippen LogP contribution in [0, 0.1) is 5.82 Å². The van der Waals surface area contributed by atoms with Gasteiger partial charge in [-0.15, -0.1) is 0 Å². The average Bonchev–Trinajstić information content (AvgIpc) is 2.66. The number of benzene rings is 2. The number of hydrogen-bond donors (Lipinski definition) is 0. The van der Waals surface area contributed by atoms with Crippen molar-refractivity contribution in [2.45, 2.75) is 12.8 Å². The van der Waals surface area contributed by atoms with Crippen LogP contribution in [0.15, 0.2) is 48.5 Å². The van der Waals surface area contributed by atoms with E-state index in [2.05, 4.69) is 0 Å². The van der Waals surface area contributed by atoms with Gasteiger partial charge in [-0.05, 0) is 36.4 Å². The molecule has 0 atom stereocenters. The molecule has 1 heterocycles. The van der Waals surface area contributed by atoms with Gasteiger partial charge in [-0.2, -0.15) is 0 Å². The van der Waals surface area contributed by atoms with Crippen molar-refractivity contribution in [1.82, 2.24) is 0 Å². The first kappa shape index (κ1) is 18.8. The van der Waals surface area contributed by atoms with E-state index in [4.69, 9.17) is 4.74 Å². The second-order valence-electron chi connectivity index (χ2n) is 5.92. The Hall–Kier alpha value is -3.03. The fraction of sp³-hybridized carbons (Fsp3) is 0.263. The number of nitrogens with zero attached hydrogens (tertiary/aromatic N) is 2. The molecule has 142 valence electrons. The number of ether oxygens (including phenoxy) is 1. The van der Waals surface area contributed by atoms with Crippen LogP contribution in [0.3, 0.4) is 0 Å². The summed E-state index contributed by atoms with van der Waals surface area (Å²) in [5.41, 5.74) is 0.708. The molecule has 0 radical (unpaired) electrons. The summed E-state index contributed by atoms with van der Waals surface area (Å²) in [5.74, 6) is -0.909. The fourth-order valence-corrected chi connectivity index (χ4v) is 2.85. The van der Waals surface area contributed by atoms with E-state index in [1.54, 1.807) is 24.3 Å². The lowest BCUT2D eigenvalue weighted by molar-refractivity contribution is -0.121. The van der Waals surface area contributed by atoms with Crippen molar-refractivity contribution in [2.24, 2.45) is 0 Å². The smallest absolute Gasteiger partial charge is 0.265 e. The lowest BCUT2D eigenvalue weighted by Crippen LogP contribution is -2.42. The van der Waals surface area contributed by atoms with Crippen LogP contribution >= 0.6 is 0 Å². The minimum atomic E-state index is -2.75. The summed E-state index contributed by atoms with van der Waals surface area (Å²) in [6.45, 7) is -0.930. The molecule has 0 aromatic heterocycles. The monoisotopic (exact) mass is 378 g/mol. The standard InChI is InChI=1S/C19H17F3N2O3/c20-13-5-7-14(8-6-13)24(11-17(21)22)18(25)9-10-23-15-3-1-2-4-16(15)27-12-19(23)26/h1-8,17H,9-12H2. The summed E-state index contributed by atoms with van der Waals surface area (Å²) >= 11 is 0. The third kappa shape index (κ3) is 4.39. The van der Waals surface area contributed by atoms with Gasteiger partial charge < -0.3 is 14.5 Å². The highest BCUT2D eigenvalue weighted by molar-refractivity contribution is 5.99. The van der Waals surface area contributed by atoms with Gasteiger partial charge in [0.05, 0.1) is 12.2 Å². The summed E-state index contributed by atoms with van der Waals surface area (Å²) in [4.78, 5) is 27.0. The van der Waals surface area contributed by atoms with E-state index in [9.17, 15) is 22.8 Å². The highest BCUT2D eigenvalue weighted by Gasteiger charge is 2.27. The molecule has 1 aliphatic rings. The minimum Gasteiger partial charge on any atom is -0.482 e. The lowest BCUT2D eigenvalue weighted by Gasteiger charge is -2.30. The number of alkyl halides is 2. The van der Waals surface area contributed by atoms with E-state index in [-0.39, 0.29) is 31.2 Å². The molecule has 0 spiro atoms. The fourth-order valence-electron chi connectivity index (χ4n) is 2.85. The number of rotatable bonds is 6. The Bertz CT molecular complexity index is 827. The highest BCUT2D eigenvalue weighted by atomic mass is 19.3. The van der Waals surface area contributed by atoms with Gasteiger partial charge in [-0.3, -0.25) is 9.59 Å². The van der Waals surface area contributed by atoms with E-state index >= 15 is 0 Å².